The van der Waals surface area contributed by atoms with Gasteiger partial charge in [-0.05, 0) is 43.0 Å². The van der Waals surface area contributed by atoms with Crippen molar-refractivity contribution >= 4 is 23.6 Å². The minimum atomic E-state index is -0.470. The Balaban J connectivity index is 1.75. The second-order valence-electron chi connectivity index (χ2n) is 7.77. The third-order valence-corrected chi connectivity index (χ3v) is 5.40. The van der Waals surface area contributed by atoms with Gasteiger partial charge in [0.25, 0.3) is 0 Å². The lowest BCUT2D eigenvalue weighted by atomic mass is 9.95. The zero-order valence-corrected chi connectivity index (χ0v) is 18.3. The van der Waals surface area contributed by atoms with Gasteiger partial charge in [-0.1, -0.05) is 36.4 Å². The van der Waals surface area contributed by atoms with Gasteiger partial charge in [-0.15, -0.1) is 0 Å². The lowest BCUT2D eigenvalue weighted by molar-refractivity contribution is -0.121. The molecule has 0 spiro atoms. The number of urea groups is 1. The van der Waals surface area contributed by atoms with Crippen molar-refractivity contribution in [2.75, 3.05) is 39.1 Å². The molecule has 31 heavy (non-hydrogen) atoms. The number of hydrogen-bond acceptors (Lipinski definition) is 4. The summed E-state index contributed by atoms with van der Waals surface area (Å²) in [6.45, 7) is 3.07. The van der Waals surface area contributed by atoms with Crippen LogP contribution < -0.4 is 5.32 Å². The number of nitrogens with zero attached hydrogens (tertiary/aromatic N) is 2. The molecule has 3 amide bonds. The number of ether oxygens (including phenoxy) is 1. The van der Waals surface area contributed by atoms with Crippen molar-refractivity contribution in [2.24, 2.45) is 5.92 Å². The Bertz CT molecular complexity index is 935. The molecule has 2 aromatic carbocycles. The van der Waals surface area contributed by atoms with Gasteiger partial charge >= 0.3 is 12.0 Å². The van der Waals surface area contributed by atoms with Gasteiger partial charge in [-0.3, -0.25) is 4.79 Å². The number of carbonyl (C=O) groups is 3. The molecule has 0 saturated carbocycles. The van der Waals surface area contributed by atoms with E-state index < -0.39 is 5.97 Å². The van der Waals surface area contributed by atoms with E-state index in [2.05, 4.69) is 5.32 Å². The molecule has 0 aromatic heterocycles. The van der Waals surface area contributed by atoms with Crippen molar-refractivity contribution in [3.05, 3.63) is 54.1 Å². The quantitative estimate of drug-likeness (QED) is 0.741. The molecule has 0 aliphatic carbocycles. The number of piperidine rings is 1. The minimum absolute atomic E-state index is 0.0417. The van der Waals surface area contributed by atoms with E-state index in [0.29, 0.717) is 37.2 Å². The van der Waals surface area contributed by atoms with E-state index in [1.807, 2.05) is 36.4 Å². The standard InChI is InChI=1S/C24H29N3O4/c1-4-31-23(29)20-16-19(17-8-6-5-7-9-17)10-11-21(20)25-22(28)18-12-14-27(15-13-18)24(30)26(2)3/h5-11,16,18H,4,12-15H2,1-3H3,(H,25,28). The zero-order valence-electron chi connectivity index (χ0n) is 18.3. The Hall–Kier alpha value is -3.35. The second-order valence-corrected chi connectivity index (χ2v) is 7.77. The Morgan fingerprint density at radius 3 is 2.32 bits per heavy atom. The predicted octanol–water partition coefficient (Wildman–Crippen LogP) is 3.86. The van der Waals surface area contributed by atoms with Crippen LogP contribution >= 0.6 is 0 Å². The lowest BCUT2D eigenvalue weighted by Crippen LogP contribution is -2.45. The third-order valence-electron chi connectivity index (χ3n) is 5.40. The molecule has 0 bridgehead atoms. The fraction of sp³-hybridized carbons (Fsp3) is 0.375. The molecule has 7 nitrogen and oxygen atoms in total. The maximum absolute atomic E-state index is 12.9. The molecular formula is C24H29N3O4. The SMILES string of the molecule is CCOC(=O)c1cc(-c2ccccc2)ccc1NC(=O)C1CCN(C(=O)N(C)C)CC1. The summed E-state index contributed by atoms with van der Waals surface area (Å²) in [7, 11) is 3.44. The highest BCUT2D eigenvalue weighted by atomic mass is 16.5. The molecule has 0 radical (unpaired) electrons. The van der Waals surface area contributed by atoms with Crippen LogP contribution in [0.15, 0.2) is 48.5 Å². The molecule has 1 heterocycles. The Morgan fingerprint density at radius 1 is 1.03 bits per heavy atom. The van der Waals surface area contributed by atoms with E-state index in [1.54, 1.807) is 43.0 Å². The maximum Gasteiger partial charge on any atom is 0.340 e. The van der Waals surface area contributed by atoms with Crippen LogP contribution in [0.25, 0.3) is 11.1 Å². The van der Waals surface area contributed by atoms with Crippen LogP contribution in [0.4, 0.5) is 10.5 Å². The highest BCUT2D eigenvalue weighted by Gasteiger charge is 2.28. The Kier molecular flexibility index (Phi) is 7.28. The first kappa shape index (κ1) is 22.3. The van der Waals surface area contributed by atoms with Crippen LogP contribution in [0.1, 0.15) is 30.1 Å². The summed E-state index contributed by atoms with van der Waals surface area (Å²) in [5.74, 6) is -0.827. The average molecular weight is 424 g/mol. The molecule has 0 atom stereocenters. The summed E-state index contributed by atoms with van der Waals surface area (Å²) >= 11 is 0. The van der Waals surface area contributed by atoms with Crippen LogP contribution in [0.2, 0.25) is 0 Å². The van der Waals surface area contributed by atoms with E-state index in [1.165, 1.54) is 0 Å². The summed E-state index contributed by atoms with van der Waals surface area (Å²) in [6.07, 6.45) is 1.17. The molecule has 1 fully saturated rings. The third kappa shape index (κ3) is 5.42. The Morgan fingerprint density at radius 2 is 1.71 bits per heavy atom. The van der Waals surface area contributed by atoms with Crippen molar-refractivity contribution in [1.29, 1.82) is 0 Å². The second kappa shape index (κ2) is 10.1. The van der Waals surface area contributed by atoms with Crippen LogP contribution in [0.5, 0.6) is 0 Å². The summed E-state index contributed by atoms with van der Waals surface area (Å²) in [6, 6.07) is 15.1. The minimum Gasteiger partial charge on any atom is -0.462 e. The number of hydrogen-bond donors (Lipinski definition) is 1. The molecular weight excluding hydrogens is 394 g/mol. The van der Waals surface area contributed by atoms with Crippen LogP contribution in [0.3, 0.4) is 0 Å². The summed E-state index contributed by atoms with van der Waals surface area (Å²) in [5.41, 5.74) is 2.62. The zero-order chi connectivity index (χ0) is 22.4. The fourth-order valence-corrected chi connectivity index (χ4v) is 3.69. The van der Waals surface area contributed by atoms with E-state index in [0.717, 1.165) is 11.1 Å². The van der Waals surface area contributed by atoms with Crippen molar-refractivity contribution in [3.63, 3.8) is 0 Å². The molecule has 0 unspecified atom stereocenters. The summed E-state index contributed by atoms with van der Waals surface area (Å²) < 4.78 is 5.21. The first-order valence-electron chi connectivity index (χ1n) is 10.5. The number of amides is 3. The number of nitrogens with one attached hydrogen (secondary N) is 1. The molecule has 1 N–H and O–H groups in total. The first-order valence-corrected chi connectivity index (χ1v) is 10.5. The number of likely N-dealkylation sites (tertiary alicyclic amines) is 1. The molecule has 1 aliphatic rings. The monoisotopic (exact) mass is 423 g/mol. The maximum atomic E-state index is 12.9. The summed E-state index contributed by atoms with van der Waals surface area (Å²) in [4.78, 5) is 40.8. The number of benzene rings is 2. The molecule has 3 rings (SSSR count). The number of anilines is 1. The van der Waals surface area contributed by atoms with E-state index in [-0.39, 0.29) is 24.5 Å². The van der Waals surface area contributed by atoms with Crippen molar-refractivity contribution in [1.82, 2.24) is 9.80 Å². The Labute approximate surface area is 183 Å². The predicted molar refractivity (Wildman–Crippen MR) is 120 cm³/mol. The van der Waals surface area contributed by atoms with Gasteiger partial charge in [-0.25, -0.2) is 9.59 Å². The highest BCUT2D eigenvalue weighted by molar-refractivity contribution is 6.03. The van der Waals surface area contributed by atoms with Gasteiger partial charge in [0.15, 0.2) is 0 Å². The number of carbonyl (C=O) groups excluding carboxylic acids is 3. The topological polar surface area (TPSA) is 79.0 Å². The van der Waals surface area contributed by atoms with Gasteiger partial charge < -0.3 is 19.9 Å². The highest BCUT2D eigenvalue weighted by Crippen LogP contribution is 2.27. The molecule has 164 valence electrons. The van der Waals surface area contributed by atoms with E-state index >= 15 is 0 Å². The summed E-state index contributed by atoms with van der Waals surface area (Å²) in [5, 5.41) is 2.91. The van der Waals surface area contributed by atoms with Crippen LogP contribution in [-0.4, -0.2) is 61.5 Å². The smallest absolute Gasteiger partial charge is 0.340 e. The van der Waals surface area contributed by atoms with E-state index in [4.69, 9.17) is 4.74 Å². The number of rotatable bonds is 5. The van der Waals surface area contributed by atoms with Gasteiger partial charge in [0, 0.05) is 33.1 Å². The normalized spacial score (nSPS) is 14.1. The van der Waals surface area contributed by atoms with Gasteiger partial charge in [0.05, 0.1) is 17.9 Å². The van der Waals surface area contributed by atoms with Crippen molar-refractivity contribution in [3.8, 4) is 11.1 Å². The molecule has 2 aromatic rings. The number of esters is 1. The lowest BCUT2D eigenvalue weighted by Gasteiger charge is -2.33. The molecule has 1 aliphatic heterocycles. The molecule has 1 saturated heterocycles. The fourth-order valence-electron chi connectivity index (χ4n) is 3.69. The van der Waals surface area contributed by atoms with Crippen LogP contribution in [-0.2, 0) is 9.53 Å². The van der Waals surface area contributed by atoms with Gasteiger partial charge in [0.2, 0.25) is 5.91 Å². The van der Waals surface area contributed by atoms with Gasteiger partial charge in [0.1, 0.15) is 0 Å². The average Bonchev–Trinajstić information content (AvgIpc) is 2.79. The van der Waals surface area contributed by atoms with Crippen molar-refractivity contribution < 1.29 is 19.1 Å². The van der Waals surface area contributed by atoms with Crippen LogP contribution in [0, 0.1) is 5.92 Å². The van der Waals surface area contributed by atoms with E-state index in [9.17, 15) is 14.4 Å². The van der Waals surface area contributed by atoms with Gasteiger partial charge in [-0.2, -0.15) is 0 Å². The van der Waals surface area contributed by atoms with Crippen molar-refractivity contribution in [2.45, 2.75) is 19.8 Å². The first-order chi connectivity index (χ1) is 14.9. The molecule has 7 heteroatoms. The largest absolute Gasteiger partial charge is 0.462 e.